The number of H-pyrrole nitrogens is 1. The molecule has 1 aromatic carbocycles. The summed E-state index contributed by atoms with van der Waals surface area (Å²) >= 11 is 0. The average Bonchev–Trinajstić information content (AvgIpc) is 2.94. The molecule has 1 aliphatic rings. The Morgan fingerprint density at radius 3 is 2.95 bits per heavy atom. The van der Waals surface area contributed by atoms with Gasteiger partial charge >= 0.3 is 0 Å². The Kier molecular flexibility index (Phi) is 3.74. The molecule has 2 N–H and O–H groups in total. The van der Waals surface area contributed by atoms with Crippen molar-refractivity contribution in [3.63, 3.8) is 0 Å². The monoisotopic (exact) mass is 271 g/mol. The number of aromatic amines is 1. The zero-order valence-electron chi connectivity index (χ0n) is 11.9. The molecular weight excluding hydrogens is 250 g/mol. The lowest BCUT2D eigenvalue weighted by Gasteiger charge is -2.28. The SMILES string of the molecule is CN1CCC(CNC(=O)c2cccc3[nH]ccc23)CC1. The van der Waals surface area contributed by atoms with Crippen LogP contribution in [0.2, 0.25) is 0 Å². The lowest BCUT2D eigenvalue weighted by Crippen LogP contribution is -2.36. The van der Waals surface area contributed by atoms with E-state index in [0.717, 1.165) is 36.1 Å². The van der Waals surface area contributed by atoms with Crippen molar-refractivity contribution >= 4 is 16.8 Å². The van der Waals surface area contributed by atoms with Crippen molar-refractivity contribution in [2.45, 2.75) is 12.8 Å². The fourth-order valence-corrected chi connectivity index (χ4v) is 2.88. The highest BCUT2D eigenvalue weighted by atomic mass is 16.1. The molecule has 1 saturated heterocycles. The minimum absolute atomic E-state index is 0.0362. The van der Waals surface area contributed by atoms with Gasteiger partial charge in [0.15, 0.2) is 0 Å². The third kappa shape index (κ3) is 2.70. The van der Waals surface area contributed by atoms with Crippen molar-refractivity contribution in [1.82, 2.24) is 15.2 Å². The van der Waals surface area contributed by atoms with Crippen LogP contribution in [0.15, 0.2) is 30.5 Å². The van der Waals surface area contributed by atoms with Gasteiger partial charge in [0.05, 0.1) is 0 Å². The Morgan fingerprint density at radius 2 is 2.15 bits per heavy atom. The maximum atomic E-state index is 12.3. The second kappa shape index (κ2) is 5.67. The van der Waals surface area contributed by atoms with Crippen molar-refractivity contribution in [2.75, 3.05) is 26.7 Å². The number of carbonyl (C=O) groups is 1. The van der Waals surface area contributed by atoms with Gasteiger partial charge in [0.1, 0.15) is 0 Å². The Bertz CT molecular complexity index is 597. The number of amides is 1. The zero-order chi connectivity index (χ0) is 13.9. The first-order chi connectivity index (χ1) is 9.74. The summed E-state index contributed by atoms with van der Waals surface area (Å²) in [5.41, 5.74) is 1.77. The minimum atomic E-state index is 0.0362. The molecule has 1 fully saturated rings. The van der Waals surface area contributed by atoms with E-state index in [-0.39, 0.29) is 5.91 Å². The highest BCUT2D eigenvalue weighted by molar-refractivity contribution is 6.06. The Morgan fingerprint density at radius 1 is 1.35 bits per heavy atom. The molecule has 1 aromatic heterocycles. The molecular formula is C16H21N3O. The number of fused-ring (bicyclic) bond motifs is 1. The summed E-state index contributed by atoms with van der Waals surface area (Å²) in [6, 6.07) is 7.76. The van der Waals surface area contributed by atoms with Crippen molar-refractivity contribution in [3.8, 4) is 0 Å². The number of hydrogen-bond acceptors (Lipinski definition) is 2. The molecule has 3 rings (SSSR count). The van der Waals surface area contributed by atoms with E-state index in [1.54, 1.807) is 0 Å². The van der Waals surface area contributed by atoms with Crippen LogP contribution >= 0.6 is 0 Å². The van der Waals surface area contributed by atoms with E-state index in [0.29, 0.717) is 5.92 Å². The summed E-state index contributed by atoms with van der Waals surface area (Å²) < 4.78 is 0. The normalized spacial score (nSPS) is 17.4. The smallest absolute Gasteiger partial charge is 0.251 e. The molecule has 1 amide bonds. The van der Waals surface area contributed by atoms with Crippen LogP contribution in [0.4, 0.5) is 0 Å². The fraction of sp³-hybridized carbons (Fsp3) is 0.438. The van der Waals surface area contributed by atoms with Crippen LogP contribution in [0, 0.1) is 5.92 Å². The summed E-state index contributed by atoms with van der Waals surface area (Å²) in [5.74, 6) is 0.648. The number of likely N-dealkylation sites (tertiary alicyclic amines) is 1. The van der Waals surface area contributed by atoms with Gasteiger partial charge in [0.25, 0.3) is 5.91 Å². The minimum Gasteiger partial charge on any atom is -0.361 e. The van der Waals surface area contributed by atoms with Crippen molar-refractivity contribution in [1.29, 1.82) is 0 Å². The molecule has 2 aromatic rings. The number of nitrogens with one attached hydrogen (secondary N) is 2. The topological polar surface area (TPSA) is 48.1 Å². The Labute approximate surface area is 119 Å². The van der Waals surface area contributed by atoms with Gasteiger partial charge in [-0.25, -0.2) is 0 Å². The van der Waals surface area contributed by atoms with Crippen LogP contribution in [0.25, 0.3) is 10.9 Å². The Balaban J connectivity index is 1.63. The maximum absolute atomic E-state index is 12.3. The summed E-state index contributed by atoms with van der Waals surface area (Å²) in [4.78, 5) is 17.8. The van der Waals surface area contributed by atoms with E-state index in [4.69, 9.17) is 0 Å². The van der Waals surface area contributed by atoms with Gasteiger partial charge < -0.3 is 15.2 Å². The molecule has 0 bridgehead atoms. The highest BCUT2D eigenvalue weighted by Gasteiger charge is 2.18. The molecule has 0 saturated carbocycles. The molecule has 20 heavy (non-hydrogen) atoms. The van der Waals surface area contributed by atoms with Gasteiger partial charge in [0.2, 0.25) is 0 Å². The number of piperidine rings is 1. The van der Waals surface area contributed by atoms with E-state index in [1.165, 1.54) is 12.8 Å². The molecule has 0 atom stereocenters. The molecule has 4 heteroatoms. The fourth-order valence-electron chi connectivity index (χ4n) is 2.88. The summed E-state index contributed by atoms with van der Waals surface area (Å²) in [6.45, 7) is 3.05. The summed E-state index contributed by atoms with van der Waals surface area (Å²) in [7, 11) is 2.15. The number of nitrogens with zero attached hydrogens (tertiary/aromatic N) is 1. The molecule has 0 spiro atoms. The number of rotatable bonds is 3. The molecule has 2 heterocycles. The largest absolute Gasteiger partial charge is 0.361 e. The van der Waals surface area contributed by atoms with Gasteiger partial charge in [-0.2, -0.15) is 0 Å². The lowest BCUT2D eigenvalue weighted by atomic mass is 9.97. The maximum Gasteiger partial charge on any atom is 0.251 e. The number of benzene rings is 1. The van der Waals surface area contributed by atoms with Crippen molar-refractivity contribution in [3.05, 3.63) is 36.0 Å². The molecule has 4 nitrogen and oxygen atoms in total. The van der Waals surface area contributed by atoms with Crippen molar-refractivity contribution < 1.29 is 4.79 Å². The van der Waals surface area contributed by atoms with E-state index in [9.17, 15) is 4.79 Å². The number of aromatic nitrogens is 1. The number of carbonyl (C=O) groups excluding carboxylic acids is 1. The molecule has 0 unspecified atom stereocenters. The van der Waals surface area contributed by atoms with Crippen LogP contribution in [-0.2, 0) is 0 Å². The molecule has 1 aliphatic heterocycles. The van der Waals surface area contributed by atoms with Gasteiger partial charge in [-0.1, -0.05) is 6.07 Å². The second-order valence-electron chi connectivity index (χ2n) is 5.70. The van der Waals surface area contributed by atoms with Gasteiger partial charge in [-0.3, -0.25) is 4.79 Å². The quantitative estimate of drug-likeness (QED) is 0.899. The van der Waals surface area contributed by atoms with Gasteiger partial charge in [-0.05, 0) is 57.1 Å². The lowest BCUT2D eigenvalue weighted by molar-refractivity contribution is 0.0940. The van der Waals surface area contributed by atoms with Crippen molar-refractivity contribution in [2.24, 2.45) is 5.92 Å². The average molecular weight is 271 g/mol. The molecule has 106 valence electrons. The third-order valence-corrected chi connectivity index (χ3v) is 4.23. The molecule has 0 radical (unpaired) electrons. The van der Waals surface area contributed by atoms with Crippen LogP contribution in [0.5, 0.6) is 0 Å². The zero-order valence-corrected chi connectivity index (χ0v) is 11.9. The first kappa shape index (κ1) is 13.2. The van der Waals surface area contributed by atoms with Crippen LogP contribution < -0.4 is 5.32 Å². The summed E-state index contributed by atoms with van der Waals surface area (Å²) in [5, 5.41) is 4.09. The third-order valence-electron chi connectivity index (χ3n) is 4.23. The first-order valence-corrected chi connectivity index (χ1v) is 7.27. The van der Waals surface area contributed by atoms with Gasteiger partial charge in [-0.15, -0.1) is 0 Å². The predicted molar refractivity (Wildman–Crippen MR) is 80.9 cm³/mol. The number of hydrogen-bond donors (Lipinski definition) is 2. The van der Waals surface area contributed by atoms with Crippen LogP contribution in [-0.4, -0.2) is 42.5 Å². The molecule has 0 aliphatic carbocycles. The standard InChI is InChI=1S/C16H21N3O/c1-19-9-6-12(7-10-19)11-18-16(20)14-3-2-4-15-13(14)5-8-17-15/h2-5,8,12,17H,6-7,9-11H2,1H3,(H,18,20). The van der Waals surface area contributed by atoms with E-state index in [2.05, 4.69) is 22.2 Å². The summed E-state index contributed by atoms with van der Waals surface area (Å²) in [6.07, 6.45) is 4.22. The van der Waals surface area contributed by atoms with Gasteiger partial charge in [0, 0.05) is 29.2 Å². The van der Waals surface area contributed by atoms with Crippen LogP contribution in [0.3, 0.4) is 0 Å². The highest BCUT2D eigenvalue weighted by Crippen LogP contribution is 2.18. The van der Waals surface area contributed by atoms with E-state index < -0.39 is 0 Å². The predicted octanol–water partition coefficient (Wildman–Crippen LogP) is 2.24. The van der Waals surface area contributed by atoms with E-state index >= 15 is 0 Å². The first-order valence-electron chi connectivity index (χ1n) is 7.27. The Hall–Kier alpha value is -1.81. The second-order valence-corrected chi connectivity index (χ2v) is 5.70. The van der Waals surface area contributed by atoms with Crippen LogP contribution in [0.1, 0.15) is 23.2 Å². The van der Waals surface area contributed by atoms with E-state index in [1.807, 2.05) is 30.5 Å².